The van der Waals surface area contributed by atoms with Crippen molar-refractivity contribution >= 4 is 15.8 Å². The Hall–Kier alpha value is 0.140. The molecule has 4 saturated carbocycles. The van der Waals surface area contributed by atoms with Crippen molar-refractivity contribution in [1.82, 2.24) is 4.98 Å². The van der Waals surface area contributed by atoms with Crippen LogP contribution in [0.15, 0.2) is 12.1 Å². The molecule has 0 radical (unpaired) electrons. The topological polar surface area (TPSA) is 15.8 Å². The van der Waals surface area contributed by atoms with E-state index in [9.17, 15) is 0 Å². The van der Waals surface area contributed by atoms with Crippen LogP contribution in [0.4, 0.5) is 0 Å². The van der Waals surface area contributed by atoms with Gasteiger partial charge in [0.25, 0.3) is 0 Å². The van der Waals surface area contributed by atoms with E-state index in [1.807, 2.05) is 0 Å². The van der Waals surface area contributed by atoms with Gasteiger partial charge in [-0.25, -0.2) is 0 Å². The molecule has 0 spiro atoms. The molecular weight excluding hydrogens is 436 g/mol. The van der Waals surface area contributed by atoms with Crippen molar-refractivity contribution in [1.29, 1.82) is 0 Å². The molecule has 1 nitrogen and oxygen atoms in total. The van der Waals surface area contributed by atoms with E-state index in [1.54, 1.807) is 62.8 Å². The van der Waals surface area contributed by atoms with Gasteiger partial charge in [0.1, 0.15) is 0 Å². The van der Waals surface area contributed by atoms with Crippen molar-refractivity contribution in [3.63, 3.8) is 0 Å². The van der Waals surface area contributed by atoms with Gasteiger partial charge < -0.3 is 4.98 Å². The monoisotopic (exact) mass is 487 g/mol. The first-order chi connectivity index (χ1) is 16.4. The van der Waals surface area contributed by atoms with Gasteiger partial charge >= 0.3 is 0 Å². The summed E-state index contributed by atoms with van der Waals surface area (Å²) in [5.74, 6) is 0. The van der Waals surface area contributed by atoms with Gasteiger partial charge in [0.05, 0.1) is 0 Å². The van der Waals surface area contributed by atoms with Crippen molar-refractivity contribution in [3.8, 4) is 0 Å². The molecule has 1 heterocycles. The third-order valence-corrected chi connectivity index (χ3v) is 16.9. The lowest BCUT2D eigenvalue weighted by atomic mass is 9.99. The molecule has 4 fully saturated rings. The molecule has 33 heavy (non-hydrogen) atoms. The summed E-state index contributed by atoms with van der Waals surface area (Å²) in [7, 11) is 0.339. The van der Waals surface area contributed by atoms with Crippen molar-refractivity contribution < 1.29 is 0 Å². The average Bonchev–Trinajstić information content (AvgIpc) is 3.35. The Morgan fingerprint density at radius 2 is 0.727 bits per heavy atom. The minimum atomic E-state index is 0.169. The quantitative estimate of drug-likeness (QED) is 0.351. The Morgan fingerprint density at radius 1 is 0.455 bits per heavy atom. The maximum absolute atomic E-state index is 4.06. The van der Waals surface area contributed by atoms with E-state index in [0.29, 0.717) is 0 Å². The zero-order chi connectivity index (χ0) is 22.3. The number of aromatic amines is 1. The average molecular weight is 488 g/mol. The molecule has 0 aromatic carbocycles. The van der Waals surface area contributed by atoms with Crippen LogP contribution in [0.3, 0.4) is 0 Å². The summed E-state index contributed by atoms with van der Waals surface area (Å²) in [6.45, 7) is 0. The molecule has 4 aliphatic carbocycles. The number of H-pyrrole nitrogens is 1. The molecule has 1 N–H and O–H groups in total. The van der Waals surface area contributed by atoms with Crippen LogP contribution in [0.5, 0.6) is 0 Å². The van der Waals surface area contributed by atoms with Gasteiger partial charge in [-0.2, -0.15) is 0 Å². The van der Waals surface area contributed by atoms with Crippen LogP contribution in [0.25, 0.3) is 0 Å². The van der Waals surface area contributed by atoms with Crippen molar-refractivity contribution in [2.45, 2.75) is 163 Å². The normalized spacial score (nSPS) is 25.3. The lowest BCUT2D eigenvalue weighted by Gasteiger charge is -2.39. The molecule has 186 valence electrons. The summed E-state index contributed by atoms with van der Waals surface area (Å²) < 4.78 is 0. The van der Waals surface area contributed by atoms with E-state index in [0.717, 1.165) is 22.6 Å². The van der Waals surface area contributed by atoms with Crippen molar-refractivity contribution in [3.05, 3.63) is 23.5 Å². The van der Waals surface area contributed by atoms with Crippen LogP contribution in [0, 0.1) is 0 Å². The highest BCUT2D eigenvalue weighted by molar-refractivity contribution is 7.58. The van der Waals surface area contributed by atoms with Gasteiger partial charge in [0.2, 0.25) is 0 Å². The van der Waals surface area contributed by atoms with E-state index in [4.69, 9.17) is 0 Å². The van der Waals surface area contributed by atoms with Gasteiger partial charge in [-0.3, -0.25) is 0 Å². The lowest BCUT2D eigenvalue weighted by molar-refractivity contribution is 0.483. The minimum Gasteiger partial charge on any atom is -0.362 e. The van der Waals surface area contributed by atoms with Gasteiger partial charge in [-0.15, -0.1) is 0 Å². The summed E-state index contributed by atoms with van der Waals surface area (Å²) in [6.07, 6.45) is 33.3. The molecule has 0 amide bonds. The highest BCUT2D eigenvalue weighted by Gasteiger charge is 2.33. The molecule has 1 aromatic heterocycles. The predicted molar refractivity (Wildman–Crippen MR) is 150 cm³/mol. The van der Waals surface area contributed by atoms with Crippen LogP contribution in [-0.2, 0) is 12.3 Å². The number of hydrogen-bond acceptors (Lipinski definition) is 0. The van der Waals surface area contributed by atoms with Crippen LogP contribution in [-0.4, -0.2) is 27.6 Å². The number of aromatic nitrogens is 1. The van der Waals surface area contributed by atoms with E-state index in [1.165, 1.54) is 89.4 Å². The highest BCUT2D eigenvalue weighted by atomic mass is 31.1. The maximum atomic E-state index is 4.06. The highest BCUT2D eigenvalue weighted by Crippen LogP contribution is 2.59. The second-order valence-electron chi connectivity index (χ2n) is 12.0. The zero-order valence-electron chi connectivity index (χ0n) is 21.4. The molecule has 0 atom stereocenters. The largest absolute Gasteiger partial charge is 0.362 e. The molecule has 1 aromatic rings. The second-order valence-corrected chi connectivity index (χ2v) is 17.6. The molecule has 0 saturated heterocycles. The fourth-order valence-electron chi connectivity index (χ4n) is 7.83. The summed E-state index contributed by atoms with van der Waals surface area (Å²) in [4.78, 5) is 4.06. The summed E-state index contributed by atoms with van der Waals surface area (Å²) in [5, 5.41) is 0. The Balaban J connectivity index is 1.26. The zero-order valence-corrected chi connectivity index (χ0v) is 23.2. The van der Waals surface area contributed by atoms with E-state index >= 15 is 0 Å². The van der Waals surface area contributed by atoms with Gasteiger partial charge in [0, 0.05) is 23.7 Å². The molecule has 4 aliphatic rings. The van der Waals surface area contributed by atoms with Crippen LogP contribution in [0.1, 0.15) is 140 Å². The molecule has 3 heteroatoms. The molecule has 5 rings (SSSR count). The molecule has 0 unspecified atom stereocenters. The summed E-state index contributed by atoms with van der Waals surface area (Å²) in [6, 6.07) is 5.07. The Bertz CT molecular complexity index is 583. The van der Waals surface area contributed by atoms with Gasteiger partial charge in [-0.05, 0) is 86.1 Å². The SMILES string of the molecule is c1cc(CP(C2CCCCC2)C2CCCCC2)[nH]c1CP(C1CCCCC1)C1CCCCC1. The van der Waals surface area contributed by atoms with Crippen LogP contribution in [0.2, 0.25) is 0 Å². The summed E-state index contributed by atoms with van der Waals surface area (Å²) in [5.41, 5.74) is 7.54. The first-order valence-electron chi connectivity index (χ1n) is 15.0. The first-order valence-corrected chi connectivity index (χ1v) is 18.4. The number of rotatable bonds is 8. The number of hydrogen-bond donors (Lipinski definition) is 1. The van der Waals surface area contributed by atoms with E-state index < -0.39 is 0 Å². The summed E-state index contributed by atoms with van der Waals surface area (Å²) >= 11 is 0. The third kappa shape index (κ3) is 6.88. The second kappa shape index (κ2) is 12.9. The van der Waals surface area contributed by atoms with Crippen LogP contribution < -0.4 is 0 Å². The fourth-order valence-corrected chi connectivity index (χ4v) is 15.3. The van der Waals surface area contributed by atoms with E-state index in [-0.39, 0.29) is 15.8 Å². The Kier molecular flexibility index (Phi) is 9.71. The lowest BCUT2D eigenvalue weighted by Crippen LogP contribution is -2.21. The minimum absolute atomic E-state index is 0.169. The van der Waals surface area contributed by atoms with Gasteiger partial charge in [0.15, 0.2) is 0 Å². The Labute approximate surface area is 207 Å². The molecule has 0 bridgehead atoms. The third-order valence-electron chi connectivity index (χ3n) is 9.69. The van der Waals surface area contributed by atoms with Gasteiger partial charge in [-0.1, -0.05) is 92.9 Å². The number of nitrogens with one attached hydrogen (secondary N) is 1. The molecule has 0 aliphatic heterocycles. The molecular formula is C30H51NP2. The first kappa shape index (κ1) is 24.8. The smallest absolute Gasteiger partial charge is 0.0193 e. The van der Waals surface area contributed by atoms with E-state index in [2.05, 4.69) is 17.1 Å². The van der Waals surface area contributed by atoms with Crippen molar-refractivity contribution in [2.24, 2.45) is 0 Å². The fraction of sp³-hybridized carbons (Fsp3) is 0.867. The Morgan fingerprint density at radius 3 is 1.00 bits per heavy atom. The maximum Gasteiger partial charge on any atom is 0.0193 e. The standard InChI is InChI=1S/C30H51NP2/c1-5-13-27(14-6-1)32(28-15-7-2-8-16-28)23-25-21-22-26(31-25)24-33(29-17-9-3-10-18-29)30-19-11-4-12-20-30/h21-22,27-31H,1-20,23-24H2. The van der Waals surface area contributed by atoms with Crippen LogP contribution >= 0.6 is 15.8 Å². The van der Waals surface area contributed by atoms with Crippen molar-refractivity contribution in [2.75, 3.05) is 0 Å². The predicted octanol–water partition coefficient (Wildman–Crippen LogP) is 10.3.